The van der Waals surface area contributed by atoms with Crippen LogP contribution in [0, 0.1) is 0 Å². The van der Waals surface area contributed by atoms with Gasteiger partial charge < -0.3 is 40.1 Å². The highest BCUT2D eigenvalue weighted by Gasteiger charge is 1.55. The number of hydrogen-bond acceptors (Lipinski definition) is 7. The van der Waals surface area contributed by atoms with Gasteiger partial charge in [-0.3, -0.25) is 0 Å². The third kappa shape index (κ3) is 821. The second-order valence-corrected chi connectivity index (χ2v) is 2.14. The van der Waals surface area contributed by atoms with E-state index in [9.17, 15) is 0 Å². The van der Waals surface area contributed by atoms with Gasteiger partial charge in [0, 0.05) is 39.3 Å². The zero-order valence-corrected chi connectivity index (χ0v) is 12.8. The minimum absolute atomic E-state index is 0.597. The van der Waals surface area contributed by atoms with Crippen molar-refractivity contribution < 1.29 is 0 Å². The van der Waals surface area contributed by atoms with Crippen molar-refractivity contribution in [1.29, 1.82) is 0 Å². The van der Waals surface area contributed by atoms with E-state index in [-0.39, 0.29) is 0 Å². The topological polar surface area (TPSA) is 182 Å². The minimum Gasteiger partial charge on any atom is -0.331 e. The molecule has 0 atom stereocenters. The average molecular weight is 281 g/mol. The van der Waals surface area contributed by atoms with Crippen LogP contribution in [0.25, 0.3) is 0 Å². The lowest BCUT2D eigenvalue weighted by Gasteiger charge is -1.72. The fraction of sp³-hybridized carbons (Fsp3) is 0.667. The van der Waals surface area contributed by atoms with Crippen LogP contribution in [0.1, 0.15) is 6.92 Å². The number of nitrogens with two attached hydrogens (primary N) is 7. The Hall–Kier alpha value is -0.800. The van der Waals surface area contributed by atoms with Gasteiger partial charge in [-0.1, -0.05) is 6.92 Å². The standard InChI is InChI=1S/3C2H8N2.C2H7N.2C2H4/c3*3-1-2-4;1-2-3;2*1-2/h3*1-4H2;2-3H2,1H3;2*1-2H2. The molecular weight excluding hydrogens is 242 g/mol. The molecule has 0 radical (unpaired) electrons. The molecule has 19 heavy (non-hydrogen) atoms. The van der Waals surface area contributed by atoms with Gasteiger partial charge >= 0.3 is 0 Å². The fourth-order valence-electron chi connectivity index (χ4n) is 0. The van der Waals surface area contributed by atoms with Gasteiger partial charge in [0.1, 0.15) is 0 Å². The number of rotatable bonds is 3. The van der Waals surface area contributed by atoms with Crippen LogP contribution < -0.4 is 40.1 Å². The highest BCUT2D eigenvalue weighted by molar-refractivity contribution is 4.26. The third-order valence-electron chi connectivity index (χ3n) is 0.500. The largest absolute Gasteiger partial charge is 0.331 e. The van der Waals surface area contributed by atoms with E-state index >= 15 is 0 Å². The van der Waals surface area contributed by atoms with Crippen LogP contribution in [0.3, 0.4) is 0 Å². The van der Waals surface area contributed by atoms with Crippen molar-refractivity contribution in [2.45, 2.75) is 6.92 Å². The maximum Gasteiger partial charge on any atom is 0.00461 e. The molecule has 0 aliphatic rings. The zero-order chi connectivity index (χ0) is 16.9. The van der Waals surface area contributed by atoms with E-state index in [0.717, 1.165) is 6.54 Å². The van der Waals surface area contributed by atoms with Gasteiger partial charge in [0.15, 0.2) is 0 Å². The highest BCUT2D eigenvalue weighted by atomic mass is 14.6. The first-order valence-corrected chi connectivity index (χ1v) is 6.06. The fourth-order valence-corrected chi connectivity index (χ4v) is 0. The molecule has 7 nitrogen and oxygen atoms in total. The molecular formula is C12H39N7. The van der Waals surface area contributed by atoms with Crippen molar-refractivity contribution in [3.05, 3.63) is 26.3 Å². The molecule has 0 saturated carbocycles. The third-order valence-corrected chi connectivity index (χ3v) is 0.500. The molecule has 0 amide bonds. The van der Waals surface area contributed by atoms with Gasteiger partial charge in [-0.25, -0.2) is 0 Å². The Kier molecular flexibility index (Phi) is 224. The first kappa shape index (κ1) is 36.2. The summed E-state index contributed by atoms with van der Waals surface area (Å²) in [6.45, 7) is 18.2. The molecule has 0 aromatic heterocycles. The molecule has 0 rings (SSSR count). The molecule has 14 N–H and O–H groups in total. The zero-order valence-electron chi connectivity index (χ0n) is 12.8. The molecule has 0 aromatic rings. The molecule has 0 aromatic carbocycles. The van der Waals surface area contributed by atoms with E-state index in [0.29, 0.717) is 39.3 Å². The Morgan fingerprint density at radius 3 is 0.526 bits per heavy atom. The molecule has 0 saturated heterocycles. The van der Waals surface area contributed by atoms with Crippen molar-refractivity contribution in [3.8, 4) is 0 Å². The highest BCUT2D eigenvalue weighted by Crippen LogP contribution is 1.25. The Morgan fingerprint density at radius 1 is 0.474 bits per heavy atom. The van der Waals surface area contributed by atoms with Crippen LogP contribution in [0.2, 0.25) is 0 Å². The molecule has 0 aliphatic carbocycles. The Balaban J connectivity index is -0.0000000274. The molecule has 0 aliphatic heterocycles. The maximum absolute atomic E-state index is 4.90. The van der Waals surface area contributed by atoms with E-state index < -0.39 is 0 Å². The van der Waals surface area contributed by atoms with E-state index in [1.54, 1.807) is 0 Å². The van der Waals surface area contributed by atoms with Crippen molar-refractivity contribution in [2.24, 2.45) is 40.1 Å². The quantitative estimate of drug-likeness (QED) is 0.300. The summed E-state index contributed by atoms with van der Waals surface area (Å²) in [5.74, 6) is 0. The van der Waals surface area contributed by atoms with E-state index in [4.69, 9.17) is 40.1 Å². The lowest BCUT2D eigenvalue weighted by Crippen LogP contribution is -2.11. The predicted molar refractivity (Wildman–Crippen MR) is 91.6 cm³/mol. The maximum atomic E-state index is 4.90. The van der Waals surface area contributed by atoms with Crippen molar-refractivity contribution in [1.82, 2.24) is 0 Å². The summed E-state index contributed by atoms with van der Waals surface area (Å²) in [4.78, 5) is 0. The summed E-state index contributed by atoms with van der Waals surface area (Å²) in [5, 5.41) is 0. The summed E-state index contributed by atoms with van der Waals surface area (Å²) < 4.78 is 0. The normalized spacial score (nSPS) is 6.11. The summed E-state index contributed by atoms with van der Waals surface area (Å²) in [5.41, 5.74) is 34.3. The smallest absolute Gasteiger partial charge is 0.00461 e. The van der Waals surface area contributed by atoms with Crippen LogP contribution in [0.5, 0.6) is 0 Å². The van der Waals surface area contributed by atoms with Gasteiger partial charge in [0.2, 0.25) is 0 Å². The van der Waals surface area contributed by atoms with E-state index in [1.807, 2.05) is 6.92 Å². The van der Waals surface area contributed by atoms with Crippen molar-refractivity contribution in [2.75, 3.05) is 45.8 Å². The predicted octanol–water partition coefficient (Wildman–Crippen LogP) is -1.72. The molecule has 0 fully saturated rings. The van der Waals surface area contributed by atoms with Gasteiger partial charge in [-0.05, 0) is 6.54 Å². The second-order valence-electron chi connectivity index (χ2n) is 2.14. The average Bonchev–Trinajstić information content (AvgIpc) is 2.52. The lowest BCUT2D eigenvalue weighted by atomic mass is 10.7. The number of hydrogen-bond donors (Lipinski definition) is 7. The molecule has 7 heteroatoms. The van der Waals surface area contributed by atoms with Crippen LogP contribution in [0.15, 0.2) is 26.3 Å². The van der Waals surface area contributed by atoms with Crippen molar-refractivity contribution in [3.63, 3.8) is 0 Å². The van der Waals surface area contributed by atoms with Crippen LogP contribution >= 0.6 is 0 Å². The monoisotopic (exact) mass is 281 g/mol. The second kappa shape index (κ2) is 117. The van der Waals surface area contributed by atoms with Crippen LogP contribution in [-0.2, 0) is 0 Å². The SMILES string of the molecule is C=C.C=C.CCN.NCCN.NCCN.NCCN. The first-order chi connectivity index (χ1) is 9.16. The Labute approximate surface area is 120 Å². The van der Waals surface area contributed by atoms with Crippen LogP contribution in [0.4, 0.5) is 0 Å². The van der Waals surface area contributed by atoms with E-state index in [1.165, 1.54) is 0 Å². The van der Waals surface area contributed by atoms with Gasteiger partial charge in [-0.2, -0.15) is 0 Å². The van der Waals surface area contributed by atoms with Gasteiger partial charge in [-0.15, -0.1) is 26.3 Å². The summed E-state index contributed by atoms with van der Waals surface area (Å²) in [6.07, 6.45) is 0. The molecule has 0 unspecified atom stereocenters. The Morgan fingerprint density at radius 2 is 0.526 bits per heavy atom. The minimum atomic E-state index is 0.597. The van der Waals surface area contributed by atoms with Gasteiger partial charge in [0.25, 0.3) is 0 Å². The molecule has 0 spiro atoms. The molecule has 0 bridgehead atoms. The van der Waals surface area contributed by atoms with Gasteiger partial charge in [0.05, 0.1) is 0 Å². The molecule has 0 heterocycles. The van der Waals surface area contributed by atoms with E-state index in [2.05, 4.69) is 26.3 Å². The summed E-state index contributed by atoms with van der Waals surface area (Å²) in [6, 6.07) is 0. The van der Waals surface area contributed by atoms with Crippen molar-refractivity contribution >= 4 is 0 Å². The van der Waals surface area contributed by atoms with Crippen LogP contribution in [-0.4, -0.2) is 45.8 Å². The lowest BCUT2D eigenvalue weighted by molar-refractivity contribution is 0.976. The first-order valence-electron chi connectivity index (χ1n) is 6.06. The summed E-state index contributed by atoms with van der Waals surface area (Å²) >= 11 is 0. The summed E-state index contributed by atoms with van der Waals surface area (Å²) in [7, 11) is 0. The Bertz CT molecular complexity index is 57.6. The molecule has 122 valence electrons.